The number of aryl methyl sites for hydroxylation is 2. The molecule has 0 saturated heterocycles. The average molecular weight is 470 g/mol. The van der Waals surface area contributed by atoms with Crippen molar-refractivity contribution in [1.82, 2.24) is 0 Å². The fourth-order valence-electron chi connectivity index (χ4n) is 3.50. The third-order valence-corrected chi connectivity index (χ3v) is 5.16. The minimum atomic E-state index is -0.699. The second kappa shape index (κ2) is 12.8. The van der Waals surface area contributed by atoms with Gasteiger partial charge >= 0.3 is 11.9 Å². The van der Waals surface area contributed by atoms with Crippen LogP contribution >= 0.6 is 0 Å². The monoisotopic (exact) mass is 469 g/mol. The molecule has 0 N–H and O–H groups in total. The van der Waals surface area contributed by atoms with Crippen molar-refractivity contribution in [1.29, 1.82) is 5.26 Å². The molecule has 0 aliphatic carbocycles. The molecular weight excluding hydrogens is 442 g/mol. The molecule has 3 aromatic carbocycles. The van der Waals surface area contributed by atoms with E-state index in [1.54, 1.807) is 37.3 Å². The van der Waals surface area contributed by atoms with Crippen molar-refractivity contribution in [3.05, 3.63) is 101 Å². The average Bonchev–Trinajstić information content (AvgIpc) is 2.88. The van der Waals surface area contributed by atoms with E-state index in [2.05, 4.69) is 12.1 Å². The molecule has 0 atom stereocenters. The highest BCUT2D eigenvalue weighted by Crippen LogP contribution is 2.30. The first kappa shape index (κ1) is 25.3. The van der Waals surface area contributed by atoms with Crippen molar-refractivity contribution in [3.63, 3.8) is 0 Å². The van der Waals surface area contributed by atoms with Crippen LogP contribution in [0.15, 0.2) is 78.4 Å². The second-order valence-corrected chi connectivity index (χ2v) is 7.56. The van der Waals surface area contributed by atoms with Crippen molar-refractivity contribution in [3.8, 4) is 17.6 Å². The summed E-state index contributed by atoms with van der Waals surface area (Å²) in [5.74, 6) is -0.600. The molecule has 0 heterocycles. The summed E-state index contributed by atoms with van der Waals surface area (Å²) in [6.07, 6.45) is 2.91. The maximum absolute atomic E-state index is 13.1. The Kier molecular flexibility index (Phi) is 9.21. The Labute approximate surface area is 205 Å². The van der Waals surface area contributed by atoms with Crippen LogP contribution in [-0.4, -0.2) is 25.2 Å². The van der Waals surface area contributed by atoms with Gasteiger partial charge in [0.15, 0.2) is 11.5 Å². The highest BCUT2D eigenvalue weighted by atomic mass is 16.6. The minimum absolute atomic E-state index is 0.133. The molecule has 0 spiro atoms. The quantitative estimate of drug-likeness (QED) is 0.167. The van der Waals surface area contributed by atoms with Gasteiger partial charge in [0, 0.05) is 0 Å². The molecule has 6 heteroatoms. The summed E-state index contributed by atoms with van der Waals surface area (Å²) < 4.78 is 16.3. The van der Waals surface area contributed by atoms with Crippen LogP contribution < -0.4 is 9.47 Å². The molecule has 6 nitrogen and oxygen atoms in total. The molecule has 35 heavy (non-hydrogen) atoms. The van der Waals surface area contributed by atoms with Crippen LogP contribution in [0.25, 0.3) is 6.08 Å². The lowest BCUT2D eigenvalue weighted by Gasteiger charge is -2.13. The van der Waals surface area contributed by atoms with E-state index >= 15 is 0 Å². The summed E-state index contributed by atoms with van der Waals surface area (Å²) in [7, 11) is 0. The Morgan fingerprint density at radius 3 is 2.34 bits per heavy atom. The summed E-state index contributed by atoms with van der Waals surface area (Å²) in [6.45, 7) is 3.99. The van der Waals surface area contributed by atoms with Crippen LogP contribution in [0, 0.1) is 11.3 Å². The smallest absolute Gasteiger partial charge is 0.348 e. The number of ether oxygens (including phenoxy) is 3. The fraction of sp³-hybridized carbons (Fsp3) is 0.207. The minimum Gasteiger partial charge on any atom is -0.490 e. The molecule has 0 aromatic heterocycles. The molecule has 0 bridgehead atoms. The summed E-state index contributed by atoms with van der Waals surface area (Å²) in [5.41, 5.74) is 2.99. The van der Waals surface area contributed by atoms with Gasteiger partial charge in [-0.2, -0.15) is 5.26 Å². The summed E-state index contributed by atoms with van der Waals surface area (Å²) in [4.78, 5) is 25.0. The third kappa shape index (κ3) is 7.05. The number of hydrogen-bond acceptors (Lipinski definition) is 6. The van der Waals surface area contributed by atoms with Crippen molar-refractivity contribution < 1.29 is 23.8 Å². The van der Waals surface area contributed by atoms with Crippen molar-refractivity contribution in [2.45, 2.75) is 26.7 Å². The lowest BCUT2D eigenvalue weighted by molar-refractivity contribution is -0.137. The van der Waals surface area contributed by atoms with Gasteiger partial charge in [0.2, 0.25) is 0 Å². The van der Waals surface area contributed by atoms with Crippen LogP contribution in [0.4, 0.5) is 0 Å². The van der Waals surface area contributed by atoms with E-state index in [9.17, 15) is 14.9 Å². The van der Waals surface area contributed by atoms with Gasteiger partial charge in [0.1, 0.15) is 11.6 Å². The number of rotatable bonds is 10. The van der Waals surface area contributed by atoms with Crippen LogP contribution in [0.5, 0.6) is 11.5 Å². The maximum atomic E-state index is 13.1. The zero-order valence-electron chi connectivity index (χ0n) is 19.8. The summed E-state index contributed by atoms with van der Waals surface area (Å²) in [5, 5.41) is 9.28. The number of nitriles is 1. The third-order valence-electron chi connectivity index (χ3n) is 5.16. The first-order valence-electron chi connectivity index (χ1n) is 11.5. The number of nitrogens with zero attached hydrogens (tertiary/aromatic N) is 1. The van der Waals surface area contributed by atoms with Gasteiger partial charge in [-0.15, -0.1) is 0 Å². The number of benzene rings is 3. The lowest BCUT2D eigenvalue weighted by atomic mass is 10.00. The molecule has 0 unspecified atom stereocenters. The second-order valence-electron chi connectivity index (χ2n) is 7.56. The highest BCUT2D eigenvalue weighted by molar-refractivity contribution is 5.98. The van der Waals surface area contributed by atoms with Gasteiger partial charge < -0.3 is 14.2 Å². The Balaban J connectivity index is 1.81. The van der Waals surface area contributed by atoms with Crippen LogP contribution in [-0.2, 0) is 22.4 Å². The molecule has 0 aliphatic heterocycles. The van der Waals surface area contributed by atoms with Crippen LogP contribution in [0.1, 0.15) is 40.9 Å². The lowest BCUT2D eigenvalue weighted by Crippen LogP contribution is -2.13. The van der Waals surface area contributed by atoms with Crippen LogP contribution in [0.2, 0.25) is 0 Å². The van der Waals surface area contributed by atoms with E-state index in [-0.39, 0.29) is 17.9 Å². The molecule has 0 saturated carbocycles. The fourth-order valence-corrected chi connectivity index (χ4v) is 3.50. The van der Waals surface area contributed by atoms with E-state index < -0.39 is 11.9 Å². The van der Waals surface area contributed by atoms with Crippen molar-refractivity contribution in [2.75, 3.05) is 13.2 Å². The van der Waals surface area contributed by atoms with E-state index in [1.807, 2.05) is 43.3 Å². The Morgan fingerprint density at radius 1 is 0.886 bits per heavy atom. The van der Waals surface area contributed by atoms with E-state index in [4.69, 9.17) is 14.2 Å². The highest BCUT2D eigenvalue weighted by Gasteiger charge is 2.17. The first-order valence-corrected chi connectivity index (χ1v) is 11.5. The van der Waals surface area contributed by atoms with E-state index in [1.165, 1.54) is 11.6 Å². The molecule has 0 aliphatic rings. The topological polar surface area (TPSA) is 85.6 Å². The molecule has 0 radical (unpaired) electrons. The predicted molar refractivity (Wildman–Crippen MR) is 133 cm³/mol. The molecule has 3 aromatic rings. The SMILES string of the molecule is CCOC(=O)C(C#N)=Cc1ccc(OC(=O)c2ccccc2CCc2ccccc2)c(OCC)c1. The largest absolute Gasteiger partial charge is 0.490 e. The van der Waals surface area contributed by atoms with Gasteiger partial charge in [0.05, 0.1) is 18.8 Å². The molecule has 3 rings (SSSR count). The van der Waals surface area contributed by atoms with Crippen molar-refractivity contribution in [2.24, 2.45) is 0 Å². The molecule has 0 fully saturated rings. The number of hydrogen-bond donors (Lipinski definition) is 0. The summed E-state index contributed by atoms with van der Waals surface area (Å²) in [6, 6.07) is 24.2. The van der Waals surface area contributed by atoms with Gasteiger partial charge in [-0.3, -0.25) is 0 Å². The predicted octanol–water partition coefficient (Wildman–Crippen LogP) is 5.56. The molecule has 0 amide bonds. The van der Waals surface area contributed by atoms with Gasteiger partial charge in [-0.1, -0.05) is 54.6 Å². The molecular formula is C29H27NO5. The molecule has 178 valence electrons. The zero-order valence-corrected chi connectivity index (χ0v) is 19.8. The van der Waals surface area contributed by atoms with Crippen molar-refractivity contribution >= 4 is 18.0 Å². The van der Waals surface area contributed by atoms with E-state index in [0.29, 0.717) is 29.9 Å². The van der Waals surface area contributed by atoms with Crippen LogP contribution in [0.3, 0.4) is 0 Å². The summed E-state index contributed by atoms with van der Waals surface area (Å²) >= 11 is 0. The van der Waals surface area contributed by atoms with E-state index in [0.717, 1.165) is 12.0 Å². The van der Waals surface area contributed by atoms with Gasteiger partial charge in [-0.25, -0.2) is 9.59 Å². The number of carbonyl (C=O) groups excluding carboxylic acids is 2. The normalized spacial score (nSPS) is 10.8. The number of esters is 2. The Hall–Kier alpha value is -4.37. The van der Waals surface area contributed by atoms with Gasteiger partial charge in [0.25, 0.3) is 0 Å². The Morgan fingerprint density at radius 2 is 1.63 bits per heavy atom. The maximum Gasteiger partial charge on any atom is 0.348 e. The Bertz CT molecular complexity index is 1240. The zero-order chi connectivity index (χ0) is 25.0. The standard InChI is InChI=1S/C29H27NO5/c1-3-33-27-19-22(18-24(20-30)28(31)34-4-2)15-17-26(27)35-29(32)25-13-9-8-12-23(25)16-14-21-10-6-5-7-11-21/h5-13,15,17-19H,3-4,14,16H2,1-2H3. The number of carbonyl (C=O) groups is 2. The first-order chi connectivity index (χ1) is 17.0. The van der Waals surface area contributed by atoms with Gasteiger partial charge in [-0.05, 0) is 67.7 Å².